The summed E-state index contributed by atoms with van der Waals surface area (Å²) in [4.78, 5) is 30.0. The largest absolute Gasteiger partial charge is 0.449 e. The van der Waals surface area contributed by atoms with Gasteiger partial charge in [0.15, 0.2) is 11.9 Å². The van der Waals surface area contributed by atoms with Crippen LogP contribution in [0.3, 0.4) is 0 Å². The van der Waals surface area contributed by atoms with Crippen LogP contribution in [0.2, 0.25) is 0 Å². The third-order valence-electron chi connectivity index (χ3n) is 4.34. The van der Waals surface area contributed by atoms with E-state index in [0.717, 1.165) is 11.2 Å². The van der Waals surface area contributed by atoms with Gasteiger partial charge in [0.25, 0.3) is 5.91 Å². The summed E-state index contributed by atoms with van der Waals surface area (Å²) in [5.74, 6) is 0.000488. The van der Waals surface area contributed by atoms with Gasteiger partial charge in [-0.05, 0) is 31.4 Å². The summed E-state index contributed by atoms with van der Waals surface area (Å²) < 4.78 is 10.5. The van der Waals surface area contributed by atoms with E-state index in [-0.39, 0.29) is 11.7 Å². The molecule has 7 heteroatoms. The summed E-state index contributed by atoms with van der Waals surface area (Å²) in [6, 6.07) is 10.7. The highest BCUT2D eigenvalue weighted by atomic mass is 16.5. The first-order valence-electron chi connectivity index (χ1n) is 9.24. The fourth-order valence-electron chi connectivity index (χ4n) is 2.81. The number of hydrogen-bond acceptors (Lipinski definition) is 6. The fourth-order valence-corrected chi connectivity index (χ4v) is 2.81. The number of fused-ring (bicyclic) bond motifs is 1. The lowest BCUT2D eigenvalue weighted by molar-refractivity contribution is -0.124. The second kappa shape index (κ2) is 8.21. The molecule has 146 valence electrons. The van der Waals surface area contributed by atoms with Crippen LogP contribution in [0, 0.1) is 6.92 Å². The molecule has 2 heterocycles. The maximum absolute atomic E-state index is 12.9. The van der Waals surface area contributed by atoms with Crippen LogP contribution >= 0.6 is 0 Å². The van der Waals surface area contributed by atoms with Crippen molar-refractivity contribution in [2.24, 2.45) is 0 Å². The van der Waals surface area contributed by atoms with Crippen molar-refractivity contribution in [3.63, 3.8) is 0 Å². The molecule has 1 amide bonds. The molecule has 2 aromatic heterocycles. The molecule has 3 aromatic rings. The van der Waals surface area contributed by atoms with E-state index < -0.39 is 18.0 Å². The van der Waals surface area contributed by atoms with Gasteiger partial charge in [-0.1, -0.05) is 44.1 Å². The molecule has 28 heavy (non-hydrogen) atoms. The summed E-state index contributed by atoms with van der Waals surface area (Å²) in [6.07, 6.45) is -0.618. The Morgan fingerprint density at radius 1 is 1.21 bits per heavy atom. The van der Waals surface area contributed by atoms with Crippen molar-refractivity contribution in [3.8, 4) is 0 Å². The smallest absolute Gasteiger partial charge is 0.339 e. The monoisotopic (exact) mass is 381 g/mol. The number of rotatable bonds is 6. The van der Waals surface area contributed by atoms with Crippen LogP contribution < -0.4 is 5.32 Å². The van der Waals surface area contributed by atoms with E-state index >= 15 is 0 Å². The number of benzene rings is 1. The molecule has 0 spiro atoms. The second-order valence-corrected chi connectivity index (χ2v) is 6.88. The van der Waals surface area contributed by atoms with E-state index in [9.17, 15) is 9.59 Å². The normalized spacial score (nSPS) is 12.2. The molecule has 1 N–H and O–H groups in total. The maximum Gasteiger partial charge on any atom is 0.339 e. The van der Waals surface area contributed by atoms with E-state index in [1.807, 2.05) is 38.1 Å². The van der Waals surface area contributed by atoms with Gasteiger partial charge in [0.1, 0.15) is 5.76 Å². The van der Waals surface area contributed by atoms with E-state index in [1.54, 1.807) is 26.0 Å². The lowest BCUT2D eigenvalue weighted by Crippen LogP contribution is -2.32. The molecule has 0 aliphatic rings. The van der Waals surface area contributed by atoms with E-state index in [4.69, 9.17) is 9.26 Å². The highest BCUT2D eigenvalue weighted by Gasteiger charge is 2.24. The van der Waals surface area contributed by atoms with E-state index in [2.05, 4.69) is 15.5 Å². The number of carbonyl (C=O) groups excluding carboxylic acids is 2. The average Bonchev–Trinajstić information content (AvgIpc) is 3.09. The first kappa shape index (κ1) is 19.5. The van der Waals surface area contributed by atoms with Crippen molar-refractivity contribution in [1.29, 1.82) is 0 Å². The Morgan fingerprint density at radius 3 is 2.61 bits per heavy atom. The zero-order valence-corrected chi connectivity index (χ0v) is 16.4. The Kier molecular flexibility index (Phi) is 5.73. The Hall–Kier alpha value is -3.22. The number of aryl methyl sites for hydroxylation is 1. The summed E-state index contributed by atoms with van der Waals surface area (Å²) >= 11 is 0. The molecule has 1 unspecified atom stereocenters. The number of esters is 1. The number of hydrogen-bond donors (Lipinski definition) is 1. The first-order valence-corrected chi connectivity index (χ1v) is 9.24. The molecule has 0 radical (unpaired) electrons. The lowest BCUT2D eigenvalue weighted by Gasteiger charge is -2.17. The highest BCUT2D eigenvalue weighted by molar-refractivity contribution is 6.05. The Labute approximate surface area is 163 Å². The van der Waals surface area contributed by atoms with E-state index in [0.29, 0.717) is 23.1 Å². The number of aromatic nitrogens is 2. The van der Waals surface area contributed by atoms with Crippen molar-refractivity contribution < 1.29 is 18.8 Å². The van der Waals surface area contributed by atoms with Gasteiger partial charge in [0.2, 0.25) is 0 Å². The predicted molar refractivity (Wildman–Crippen MR) is 105 cm³/mol. The third kappa shape index (κ3) is 4.19. The number of para-hydroxylation sites is 1. The third-order valence-corrected chi connectivity index (χ3v) is 4.34. The number of ether oxygens (including phenoxy) is 1. The Morgan fingerprint density at radius 2 is 1.96 bits per heavy atom. The average molecular weight is 381 g/mol. The van der Waals surface area contributed by atoms with Crippen molar-refractivity contribution in [2.45, 2.75) is 46.1 Å². The number of anilines is 1. The van der Waals surface area contributed by atoms with Gasteiger partial charge in [0.05, 0.1) is 11.1 Å². The van der Waals surface area contributed by atoms with Crippen LogP contribution in [0.25, 0.3) is 10.9 Å². The maximum atomic E-state index is 12.9. The molecule has 7 nitrogen and oxygen atoms in total. The van der Waals surface area contributed by atoms with Crippen molar-refractivity contribution in [3.05, 3.63) is 53.4 Å². The number of amides is 1. The van der Waals surface area contributed by atoms with E-state index in [1.165, 1.54) is 0 Å². The lowest BCUT2D eigenvalue weighted by atomic mass is 10.0. The Bertz CT molecular complexity index is 1010. The highest BCUT2D eigenvalue weighted by Crippen LogP contribution is 2.24. The second-order valence-electron chi connectivity index (χ2n) is 6.88. The summed E-state index contributed by atoms with van der Waals surface area (Å²) in [5.41, 5.74) is 1.91. The molecule has 0 fully saturated rings. The zero-order valence-electron chi connectivity index (χ0n) is 16.4. The molecule has 0 aliphatic carbocycles. The fraction of sp³-hybridized carbons (Fsp3) is 0.333. The molecule has 0 saturated carbocycles. The minimum absolute atomic E-state index is 0.150. The van der Waals surface area contributed by atoms with Crippen LogP contribution in [0.5, 0.6) is 0 Å². The zero-order chi connectivity index (χ0) is 20.3. The summed E-state index contributed by atoms with van der Waals surface area (Å²) in [5, 5.41) is 7.02. The molecule has 0 bridgehead atoms. The van der Waals surface area contributed by atoms with Crippen LogP contribution in [0.4, 0.5) is 5.82 Å². The van der Waals surface area contributed by atoms with Gasteiger partial charge in [-0.3, -0.25) is 9.78 Å². The number of carbonyl (C=O) groups is 2. The summed E-state index contributed by atoms with van der Waals surface area (Å²) in [7, 11) is 0. The van der Waals surface area contributed by atoms with Crippen molar-refractivity contribution in [2.75, 3.05) is 5.32 Å². The first-order chi connectivity index (χ1) is 13.4. The van der Waals surface area contributed by atoms with Crippen molar-refractivity contribution in [1.82, 2.24) is 10.1 Å². The quantitative estimate of drug-likeness (QED) is 0.642. The number of nitrogens with one attached hydrogen (secondary N) is 1. The van der Waals surface area contributed by atoms with Crippen LogP contribution in [0.1, 0.15) is 54.9 Å². The number of pyridine rings is 1. The van der Waals surface area contributed by atoms with Crippen molar-refractivity contribution >= 4 is 28.6 Å². The molecule has 1 aromatic carbocycles. The van der Waals surface area contributed by atoms with Gasteiger partial charge in [0, 0.05) is 17.1 Å². The molecule has 0 saturated heterocycles. The number of nitrogens with zero attached hydrogens (tertiary/aromatic N) is 2. The predicted octanol–water partition coefficient (Wildman–Crippen LogP) is 4.23. The van der Waals surface area contributed by atoms with Gasteiger partial charge < -0.3 is 14.6 Å². The summed E-state index contributed by atoms with van der Waals surface area (Å²) in [6.45, 7) is 7.51. The molecular weight excluding hydrogens is 358 g/mol. The minimum Gasteiger partial charge on any atom is -0.449 e. The standard InChI is InChI=1S/C21H23N3O4/c1-5-18(20(25)23-19-10-13(4)28-24-19)27-21(26)15-11-17(12(2)3)22-16-9-7-6-8-14(15)16/h6-12,18H,5H2,1-4H3,(H,23,24,25). The van der Waals surface area contributed by atoms with Gasteiger partial charge in [-0.2, -0.15) is 0 Å². The SMILES string of the molecule is CCC(OC(=O)c1cc(C(C)C)nc2ccccc12)C(=O)Nc1cc(C)on1. The van der Waals surface area contributed by atoms with Crippen LogP contribution in [-0.2, 0) is 9.53 Å². The minimum atomic E-state index is -0.945. The Balaban J connectivity index is 1.85. The molecular formula is C21H23N3O4. The molecule has 3 rings (SSSR count). The van der Waals surface area contributed by atoms with Crippen LogP contribution in [-0.4, -0.2) is 28.1 Å². The van der Waals surface area contributed by atoms with Gasteiger partial charge in [-0.15, -0.1) is 0 Å². The molecule has 0 aliphatic heterocycles. The van der Waals surface area contributed by atoms with Gasteiger partial charge in [-0.25, -0.2) is 4.79 Å². The topological polar surface area (TPSA) is 94.3 Å². The van der Waals surface area contributed by atoms with Crippen LogP contribution in [0.15, 0.2) is 40.9 Å². The molecule has 1 atom stereocenters. The van der Waals surface area contributed by atoms with Gasteiger partial charge >= 0.3 is 5.97 Å².